The number of nitrogens with two attached hydrogens (primary N) is 1. The molecule has 2 amide bonds. The second-order valence-electron chi connectivity index (χ2n) is 6.94. The van der Waals surface area contributed by atoms with Gasteiger partial charge in [0, 0.05) is 39.1 Å². The minimum atomic E-state index is -0.493. The molecule has 3 N–H and O–H groups in total. The molecular formula is C16H30N4O3. The lowest BCUT2D eigenvalue weighted by molar-refractivity contribution is -0.128. The minimum Gasteiger partial charge on any atom is -0.379 e. The lowest BCUT2D eigenvalue weighted by Gasteiger charge is -2.28. The molecule has 0 spiro atoms. The topological polar surface area (TPSA) is 87.9 Å². The van der Waals surface area contributed by atoms with E-state index in [1.807, 2.05) is 18.7 Å². The van der Waals surface area contributed by atoms with E-state index in [9.17, 15) is 9.59 Å². The summed E-state index contributed by atoms with van der Waals surface area (Å²) < 4.78 is 5.32. The van der Waals surface area contributed by atoms with Crippen LogP contribution in [0.1, 0.15) is 26.7 Å². The van der Waals surface area contributed by atoms with Crippen molar-refractivity contribution in [3.63, 3.8) is 0 Å². The van der Waals surface area contributed by atoms with Gasteiger partial charge in [0.25, 0.3) is 0 Å². The van der Waals surface area contributed by atoms with Gasteiger partial charge in [0.2, 0.25) is 11.8 Å². The van der Waals surface area contributed by atoms with Gasteiger partial charge >= 0.3 is 0 Å². The molecule has 0 radical (unpaired) electrons. The number of morpholine rings is 1. The molecule has 2 rings (SSSR count). The van der Waals surface area contributed by atoms with Crippen molar-refractivity contribution >= 4 is 11.8 Å². The number of likely N-dealkylation sites (tertiary alicyclic amines) is 1. The summed E-state index contributed by atoms with van der Waals surface area (Å²) in [7, 11) is 0. The van der Waals surface area contributed by atoms with E-state index in [2.05, 4.69) is 10.2 Å². The normalized spacial score (nSPS) is 24.3. The maximum Gasteiger partial charge on any atom is 0.237 e. The lowest BCUT2D eigenvalue weighted by Crippen LogP contribution is -2.47. The number of nitrogens with one attached hydrogen (secondary N) is 1. The van der Waals surface area contributed by atoms with Crippen LogP contribution in [0.5, 0.6) is 0 Å². The first-order valence-electron chi connectivity index (χ1n) is 8.59. The number of hydrogen-bond acceptors (Lipinski definition) is 5. The van der Waals surface area contributed by atoms with Crippen LogP contribution in [-0.4, -0.2) is 79.6 Å². The third-order valence-corrected chi connectivity index (χ3v) is 4.41. The standard InChI is InChI=1S/C16H30N4O3/c1-12(2)9-14(17)16(22)18-13-10-15(21)20(11-13)4-3-19-5-7-23-8-6-19/h12-14H,3-11,17H2,1-2H3,(H,18,22)/t13?,14-/m0/s1. The molecule has 0 aliphatic carbocycles. The van der Waals surface area contributed by atoms with E-state index >= 15 is 0 Å². The fourth-order valence-corrected chi connectivity index (χ4v) is 3.09. The predicted molar refractivity (Wildman–Crippen MR) is 87.8 cm³/mol. The van der Waals surface area contributed by atoms with E-state index in [-0.39, 0.29) is 17.9 Å². The average Bonchev–Trinajstić information content (AvgIpc) is 2.85. The zero-order valence-electron chi connectivity index (χ0n) is 14.3. The molecule has 0 bridgehead atoms. The van der Waals surface area contributed by atoms with Crippen LogP contribution in [-0.2, 0) is 14.3 Å². The van der Waals surface area contributed by atoms with E-state index in [4.69, 9.17) is 10.5 Å². The van der Waals surface area contributed by atoms with Crippen molar-refractivity contribution in [2.45, 2.75) is 38.8 Å². The van der Waals surface area contributed by atoms with Gasteiger partial charge in [0.05, 0.1) is 25.3 Å². The van der Waals surface area contributed by atoms with Crippen LogP contribution in [0.4, 0.5) is 0 Å². The van der Waals surface area contributed by atoms with Crippen LogP contribution in [0.3, 0.4) is 0 Å². The largest absolute Gasteiger partial charge is 0.379 e. The zero-order valence-corrected chi connectivity index (χ0v) is 14.3. The Bertz CT molecular complexity index is 410. The smallest absolute Gasteiger partial charge is 0.237 e. The highest BCUT2D eigenvalue weighted by Crippen LogP contribution is 2.12. The van der Waals surface area contributed by atoms with E-state index < -0.39 is 6.04 Å². The average molecular weight is 326 g/mol. The monoisotopic (exact) mass is 326 g/mol. The van der Waals surface area contributed by atoms with Crippen LogP contribution in [0, 0.1) is 5.92 Å². The summed E-state index contributed by atoms with van der Waals surface area (Å²) in [5, 5.41) is 2.92. The van der Waals surface area contributed by atoms with Crippen LogP contribution in [0.25, 0.3) is 0 Å². The maximum atomic E-state index is 12.1. The number of hydrogen-bond donors (Lipinski definition) is 2. The second kappa shape index (κ2) is 8.61. The molecule has 0 saturated carbocycles. The van der Waals surface area contributed by atoms with Gasteiger partial charge in [0.1, 0.15) is 0 Å². The Balaban J connectivity index is 1.72. The summed E-state index contributed by atoms with van der Waals surface area (Å²) in [6.45, 7) is 9.62. The maximum absolute atomic E-state index is 12.1. The molecule has 0 aromatic rings. The molecule has 2 aliphatic heterocycles. The number of nitrogens with zero attached hydrogens (tertiary/aromatic N) is 2. The molecule has 7 heteroatoms. The van der Waals surface area contributed by atoms with Gasteiger partial charge in [-0.3, -0.25) is 14.5 Å². The van der Waals surface area contributed by atoms with Crippen LogP contribution in [0.2, 0.25) is 0 Å². The summed E-state index contributed by atoms with van der Waals surface area (Å²) >= 11 is 0. The molecule has 2 aliphatic rings. The summed E-state index contributed by atoms with van der Waals surface area (Å²) in [4.78, 5) is 28.3. The van der Waals surface area contributed by atoms with Crippen molar-refractivity contribution in [3.05, 3.63) is 0 Å². The van der Waals surface area contributed by atoms with E-state index in [1.165, 1.54) is 0 Å². The van der Waals surface area contributed by atoms with Crippen LogP contribution < -0.4 is 11.1 Å². The number of rotatable bonds is 7. The van der Waals surface area contributed by atoms with Crippen molar-refractivity contribution in [1.82, 2.24) is 15.1 Å². The highest BCUT2D eigenvalue weighted by molar-refractivity contribution is 5.84. The number of carbonyl (C=O) groups is 2. The summed E-state index contributed by atoms with van der Waals surface area (Å²) in [6.07, 6.45) is 1.04. The molecule has 7 nitrogen and oxygen atoms in total. The Hall–Kier alpha value is -1.18. The molecule has 1 unspecified atom stereocenters. The SMILES string of the molecule is CC(C)C[C@H](N)C(=O)NC1CC(=O)N(CCN2CCOCC2)C1. The predicted octanol–water partition coefficient (Wildman–Crippen LogP) is -0.591. The Morgan fingerprint density at radius 3 is 2.70 bits per heavy atom. The fraction of sp³-hybridized carbons (Fsp3) is 0.875. The van der Waals surface area contributed by atoms with Gasteiger partial charge in [0.15, 0.2) is 0 Å². The van der Waals surface area contributed by atoms with E-state index in [0.29, 0.717) is 31.8 Å². The molecule has 2 heterocycles. The molecule has 132 valence electrons. The lowest BCUT2D eigenvalue weighted by atomic mass is 10.0. The van der Waals surface area contributed by atoms with Crippen LogP contribution >= 0.6 is 0 Å². The van der Waals surface area contributed by atoms with Crippen molar-refractivity contribution in [2.75, 3.05) is 45.9 Å². The summed E-state index contributed by atoms with van der Waals surface area (Å²) in [5.74, 6) is 0.346. The van der Waals surface area contributed by atoms with Gasteiger partial charge in [-0.1, -0.05) is 13.8 Å². The molecule has 23 heavy (non-hydrogen) atoms. The first-order valence-corrected chi connectivity index (χ1v) is 8.59. The Morgan fingerprint density at radius 2 is 2.04 bits per heavy atom. The zero-order chi connectivity index (χ0) is 16.8. The van der Waals surface area contributed by atoms with E-state index in [0.717, 1.165) is 32.8 Å². The van der Waals surface area contributed by atoms with Crippen LogP contribution in [0.15, 0.2) is 0 Å². The first kappa shape index (κ1) is 18.2. The van der Waals surface area contributed by atoms with Crippen molar-refractivity contribution in [3.8, 4) is 0 Å². The molecule has 2 saturated heterocycles. The number of ether oxygens (including phenoxy) is 1. The Kier molecular flexibility index (Phi) is 6.80. The molecular weight excluding hydrogens is 296 g/mol. The van der Waals surface area contributed by atoms with Crippen molar-refractivity contribution < 1.29 is 14.3 Å². The molecule has 0 aromatic heterocycles. The fourth-order valence-electron chi connectivity index (χ4n) is 3.09. The summed E-state index contributed by atoms with van der Waals surface area (Å²) in [5.41, 5.74) is 5.89. The van der Waals surface area contributed by atoms with Gasteiger partial charge in [-0.2, -0.15) is 0 Å². The Labute approximate surface area is 138 Å². The third-order valence-electron chi connectivity index (χ3n) is 4.41. The van der Waals surface area contributed by atoms with E-state index in [1.54, 1.807) is 0 Å². The van der Waals surface area contributed by atoms with Gasteiger partial charge in [-0.25, -0.2) is 0 Å². The first-order chi connectivity index (χ1) is 11.0. The Morgan fingerprint density at radius 1 is 1.35 bits per heavy atom. The van der Waals surface area contributed by atoms with Gasteiger partial charge in [-0.05, 0) is 12.3 Å². The van der Waals surface area contributed by atoms with Gasteiger partial charge in [-0.15, -0.1) is 0 Å². The highest BCUT2D eigenvalue weighted by Gasteiger charge is 2.31. The minimum absolute atomic E-state index is 0.112. The second-order valence-corrected chi connectivity index (χ2v) is 6.94. The highest BCUT2D eigenvalue weighted by atomic mass is 16.5. The third kappa shape index (κ3) is 5.75. The number of amides is 2. The quantitative estimate of drug-likeness (QED) is 0.653. The van der Waals surface area contributed by atoms with Crippen molar-refractivity contribution in [1.29, 1.82) is 0 Å². The van der Waals surface area contributed by atoms with Crippen molar-refractivity contribution in [2.24, 2.45) is 11.7 Å². The molecule has 2 atom stereocenters. The van der Waals surface area contributed by atoms with Gasteiger partial charge < -0.3 is 20.7 Å². The summed E-state index contributed by atoms with van der Waals surface area (Å²) in [6, 6.07) is -0.606. The molecule has 2 fully saturated rings. The molecule has 0 aromatic carbocycles. The number of carbonyl (C=O) groups excluding carboxylic acids is 2.